The van der Waals surface area contributed by atoms with Crippen molar-refractivity contribution in [2.75, 3.05) is 0 Å². The molecule has 0 atom stereocenters. The molecule has 0 saturated heterocycles. The molecule has 0 bridgehead atoms. The van der Waals surface area contributed by atoms with Crippen molar-refractivity contribution in [3.63, 3.8) is 0 Å². The lowest BCUT2D eigenvalue weighted by atomic mass is 10.1. The first-order valence-corrected chi connectivity index (χ1v) is 4.75. The fourth-order valence-electron chi connectivity index (χ4n) is 0.678. The van der Waals surface area contributed by atoms with Crippen LogP contribution in [0.25, 0.3) is 0 Å². The summed E-state index contributed by atoms with van der Waals surface area (Å²) in [5.74, 6) is 0. The first kappa shape index (κ1) is 12.6. The van der Waals surface area contributed by atoms with E-state index in [9.17, 15) is 4.79 Å². The molecule has 0 spiro atoms. The molecule has 0 aliphatic rings. The van der Waals surface area contributed by atoms with Crippen LogP contribution >= 0.6 is 12.8 Å². The summed E-state index contributed by atoms with van der Waals surface area (Å²) in [5, 5.41) is 2.84. The van der Waals surface area contributed by atoms with Crippen LogP contribution in [0.4, 0.5) is 4.79 Å². The third kappa shape index (κ3) is 5.03. The minimum atomic E-state index is -0.265. The van der Waals surface area contributed by atoms with Crippen LogP contribution in [0.2, 0.25) is 0 Å². The Morgan fingerprint density at radius 3 is 1.77 bits per heavy atom. The van der Waals surface area contributed by atoms with Crippen LogP contribution in [0.5, 0.6) is 0 Å². The molecule has 78 valence electrons. The Labute approximate surface area is 86.4 Å². The Kier molecular flexibility index (Phi) is 3.67. The SMILES string of the molecule is CC(C)(C)NC(=O)N(S)C(C)(C)C. The molecule has 0 unspecified atom stereocenters. The van der Waals surface area contributed by atoms with Crippen molar-refractivity contribution in [2.24, 2.45) is 0 Å². The summed E-state index contributed by atoms with van der Waals surface area (Å²) in [6, 6.07) is -0.164. The summed E-state index contributed by atoms with van der Waals surface area (Å²) >= 11 is 4.14. The van der Waals surface area contributed by atoms with E-state index in [1.807, 2.05) is 41.5 Å². The van der Waals surface area contributed by atoms with Gasteiger partial charge in [0.2, 0.25) is 0 Å². The van der Waals surface area contributed by atoms with Gasteiger partial charge in [-0.3, -0.25) is 4.31 Å². The number of nitrogens with one attached hydrogen (secondary N) is 1. The molecule has 0 saturated carbocycles. The van der Waals surface area contributed by atoms with Gasteiger partial charge in [0.05, 0.1) is 0 Å². The summed E-state index contributed by atoms with van der Waals surface area (Å²) in [4.78, 5) is 11.5. The van der Waals surface area contributed by atoms with Crippen molar-refractivity contribution in [3.8, 4) is 0 Å². The number of amides is 2. The fraction of sp³-hybridized carbons (Fsp3) is 0.889. The lowest BCUT2D eigenvalue weighted by Crippen LogP contribution is -2.50. The molecule has 1 N–H and O–H groups in total. The average Bonchev–Trinajstić information content (AvgIpc) is 1.79. The number of rotatable bonds is 0. The second-order valence-electron chi connectivity index (χ2n) is 5.16. The van der Waals surface area contributed by atoms with Gasteiger partial charge in [0.15, 0.2) is 0 Å². The highest BCUT2D eigenvalue weighted by Crippen LogP contribution is 2.16. The zero-order chi connectivity index (χ0) is 10.9. The number of carbonyl (C=O) groups is 1. The molecule has 0 aromatic carbocycles. The standard InChI is InChI=1S/C9H20N2OS/c1-8(2,3)10-7(12)11(13)9(4,5)6/h13H,1-6H3,(H,10,12). The van der Waals surface area contributed by atoms with E-state index in [1.54, 1.807) is 0 Å². The van der Waals surface area contributed by atoms with Crippen molar-refractivity contribution in [1.29, 1.82) is 0 Å². The zero-order valence-electron chi connectivity index (χ0n) is 9.30. The van der Waals surface area contributed by atoms with Crippen LogP contribution in [-0.4, -0.2) is 21.4 Å². The first-order chi connectivity index (χ1) is 5.54. The van der Waals surface area contributed by atoms with Crippen LogP contribution in [0.3, 0.4) is 0 Å². The van der Waals surface area contributed by atoms with E-state index < -0.39 is 0 Å². The maximum absolute atomic E-state index is 11.5. The quantitative estimate of drug-likeness (QED) is 0.584. The van der Waals surface area contributed by atoms with E-state index in [0.29, 0.717) is 0 Å². The molecule has 0 heterocycles. The second-order valence-corrected chi connectivity index (χ2v) is 5.56. The smallest absolute Gasteiger partial charge is 0.328 e. The molecular formula is C9H20N2OS. The molecule has 0 aliphatic carbocycles. The summed E-state index contributed by atoms with van der Waals surface area (Å²) in [7, 11) is 0. The molecule has 2 amide bonds. The third-order valence-electron chi connectivity index (χ3n) is 1.31. The molecule has 0 aliphatic heterocycles. The highest BCUT2D eigenvalue weighted by atomic mass is 32.1. The van der Waals surface area contributed by atoms with Crippen molar-refractivity contribution < 1.29 is 4.79 Å². The predicted molar refractivity (Wildman–Crippen MR) is 58.9 cm³/mol. The Morgan fingerprint density at radius 1 is 1.15 bits per heavy atom. The van der Waals surface area contributed by atoms with E-state index in [4.69, 9.17) is 0 Å². The van der Waals surface area contributed by atoms with E-state index >= 15 is 0 Å². The summed E-state index contributed by atoms with van der Waals surface area (Å²) in [6.07, 6.45) is 0. The largest absolute Gasteiger partial charge is 0.333 e. The van der Waals surface area contributed by atoms with Crippen LogP contribution in [0.1, 0.15) is 41.5 Å². The predicted octanol–water partition coefficient (Wildman–Crippen LogP) is 2.44. The lowest BCUT2D eigenvalue weighted by molar-refractivity contribution is 0.194. The molecule has 4 heteroatoms. The molecule has 0 radical (unpaired) electrons. The van der Waals surface area contributed by atoms with Gasteiger partial charge in [0, 0.05) is 11.1 Å². The van der Waals surface area contributed by atoms with Crippen LogP contribution in [-0.2, 0) is 0 Å². The minimum Gasteiger partial charge on any atom is -0.333 e. The highest BCUT2D eigenvalue weighted by Gasteiger charge is 2.26. The van der Waals surface area contributed by atoms with Gasteiger partial charge in [0.25, 0.3) is 0 Å². The third-order valence-corrected chi connectivity index (χ3v) is 2.09. The van der Waals surface area contributed by atoms with Crippen molar-refractivity contribution >= 4 is 18.8 Å². The Hall–Kier alpha value is -0.380. The first-order valence-electron chi connectivity index (χ1n) is 4.35. The summed E-state index contributed by atoms with van der Waals surface area (Å²) in [5.41, 5.74) is -0.484. The van der Waals surface area contributed by atoms with Gasteiger partial charge >= 0.3 is 6.03 Å². The van der Waals surface area contributed by atoms with E-state index in [2.05, 4.69) is 18.1 Å². The Morgan fingerprint density at radius 2 is 1.54 bits per heavy atom. The molecular weight excluding hydrogens is 184 g/mol. The second kappa shape index (κ2) is 3.78. The Bertz CT molecular complexity index is 191. The fourth-order valence-corrected chi connectivity index (χ4v) is 0.728. The van der Waals surface area contributed by atoms with Crippen LogP contribution in [0, 0.1) is 0 Å². The molecule has 0 fully saturated rings. The van der Waals surface area contributed by atoms with Gasteiger partial charge in [0.1, 0.15) is 0 Å². The van der Waals surface area contributed by atoms with Crippen LogP contribution < -0.4 is 5.32 Å². The maximum Gasteiger partial charge on any atom is 0.328 e. The monoisotopic (exact) mass is 204 g/mol. The molecule has 13 heavy (non-hydrogen) atoms. The number of carbonyl (C=O) groups excluding carboxylic acids is 1. The van der Waals surface area contributed by atoms with E-state index in [1.165, 1.54) is 4.31 Å². The lowest BCUT2D eigenvalue weighted by Gasteiger charge is -2.33. The Balaban J connectivity index is 4.30. The van der Waals surface area contributed by atoms with Gasteiger partial charge in [-0.15, -0.1) is 0 Å². The van der Waals surface area contributed by atoms with Crippen molar-refractivity contribution in [1.82, 2.24) is 9.62 Å². The minimum absolute atomic E-state index is 0.164. The number of nitrogens with zero attached hydrogens (tertiary/aromatic N) is 1. The van der Waals surface area contributed by atoms with Gasteiger partial charge in [-0.05, 0) is 41.5 Å². The molecule has 0 rings (SSSR count). The molecule has 0 aromatic heterocycles. The number of hydrogen-bond donors (Lipinski definition) is 2. The molecule has 0 aromatic rings. The average molecular weight is 204 g/mol. The van der Waals surface area contributed by atoms with E-state index in [0.717, 1.165) is 0 Å². The zero-order valence-corrected chi connectivity index (χ0v) is 10.2. The normalized spacial score (nSPS) is 12.5. The summed E-state index contributed by atoms with van der Waals surface area (Å²) in [6.45, 7) is 11.6. The highest BCUT2D eigenvalue weighted by molar-refractivity contribution is 7.78. The van der Waals surface area contributed by atoms with Crippen LogP contribution in [0.15, 0.2) is 0 Å². The van der Waals surface area contributed by atoms with Gasteiger partial charge in [-0.1, -0.05) is 12.8 Å². The van der Waals surface area contributed by atoms with Crippen molar-refractivity contribution in [2.45, 2.75) is 52.6 Å². The summed E-state index contributed by atoms with van der Waals surface area (Å²) < 4.78 is 1.40. The van der Waals surface area contributed by atoms with Gasteiger partial charge in [-0.25, -0.2) is 4.79 Å². The maximum atomic E-state index is 11.5. The number of urea groups is 1. The molecule has 3 nitrogen and oxygen atoms in total. The van der Waals surface area contributed by atoms with Gasteiger partial charge in [-0.2, -0.15) is 0 Å². The van der Waals surface area contributed by atoms with Gasteiger partial charge < -0.3 is 5.32 Å². The number of thiol groups is 1. The topological polar surface area (TPSA) is 32.3 Å². The number of hydrogen-bond acceptors (Lipinski definition) is 2. The van der Waals surface area contributed by atoms with E-state index in [-0.39, 0.29) is 17.1 Å². The van der Waals surface area contributed by atoms with Crippen molar-refractivity contribution in [3.05, 3.63) is 0 Å².